The molecule has 5 aliphatic rings. The summed E-state index contributed by atoms with van der Waals surface area (Å²) in [5.74, 6) is -4.08. The maximum atomic E-state index is 18.2. The molecule has 3 aromatic carbocycles. The summed E-state index contributed by atoms with van der Waals surface area (Å²) in [6.07, 6.45) is 1.81. The number of carbonyl (C=O) groups is 3. The van der Waals surface area contributed by atoms with E-state index >= 15 is 14.0 Å². The van der Waals surface area contributed by atoms with Crippen LogP contribution in [0.1, 0.15) is 115 Å². The largest absolute Gasteiger partial charge is 0.508 e. The van der Waals surface area contributed by atoms with Gasteiger partial charge in [0, 0.05) is 41.7 Å². The summed E-state index contributed by atoms with van der Waals surface area (Å²) in [4.78, 5) is 49.7. The molecular formula is C53H63FN4O9Si. The summed E-state index contributed by atoms with van der Waals surface area (Å²) >= 11 is 0. The molecule has 3 heterocycles. The van der Waals surface area contributed by atoms with Gasteiger partial charge in [0.25, 0.3) is 5.88 Å². The number of aliphatic hydroxyl groups is 1. The maximum Gasteiger partial charge on any atom is 0.414 e. The summed E-state index contributed by atoms with van der Waals surface area (Å²) in [5.41, 5.74) is -1.04. The van der Waals surface area contributed by atoms with E-state index in [1.165, 1.54) is 4.90 Å². The molecular weight excluding hydrogens is 884 g/mol. The second kappa shape index (κ2) is 17.4. The molecule has 2 unspecified atom stereocenters. The van der Waals surface area contributed by atoms with E-state index in [9.17, 15) is 9.90 Å². The highest BCUT2D eigenvalue weighted by atomic mass is 28.4. The predicted octanol–water partition coefficient (Wildman–Crippen LogP) is 10.4. The van der Waals surface area contributed by atoms with Crippen molar-refractivity contribution in [2.45, 2.75) is 115 Å². The van der Waals surface area contributed by atoms with Gasteiger partial charge in [0.1, 0.15) is 36.0 Å². The first kappa shape index (κ1) is 47.5. The monoisotopic (exact) mass is 946 g/mol. The van der Waals surface area contributed by atoms with Crippen LogP contribution in [0.25, 0.3) is 0 Å². The highest BCUT2D eigenvalue weighted by molar-refractivity contribution is 6.74. The predicted molar refractivity (Wildman–Crippen MR) is 257 cm³/mol. The van der Waals surface area contributed by atoms with Crippen molar-refractivity contribution in [2.24, 2.45) is 17.8 Å². The lowest BCUT2D eigenvalue weighted by Gasteiger charge is -2.54. The molecule has 4 aromatic rings. The number of Topliss-reactive ketones (excluding diaryl/α,β-unsaturated/α-hetero) is 2. The molecule has 360 valence electrons. The number of rotatable bonds is 11. The van der Waals surface area contributed by atoms with Crippen LogP contribution in [-0.2, 0) is 28.8 Å². The molecule has 3 aliphatic carbocycles. The van der Waals surface area contributed by atoms with E-state index in [1.807, 2.05) is 102 Å². The molecule has 1 saturated heterocycles. The SMILES string of the molecule is C=CCN[C@@H]1c2onc(OCc3ccccc3)c2C(=O)[C@@]2(O[Si](C)(C)C(C)(C)C)C(O)=C3C(=O)c4c(c(F)c5c(c4OCc4ccccc4)N(C(=O)OC(C)(C)C)CC4CCN(C)C54)C[C@H]3C[C@@H]12. The second-order valence-electron chi connectivity index (χ2n) is 21.5. The number of benzene rings is 3. The Morgan fingerprint density at radius 3 is 2.28 bits per heavy atom. The minimum Gasteiger partial charge on any atom is -0.508 e. The molecule has 15 heteroatoms. The number of hydrogen-bond donors (Lipinski definition) is 2. The van der Waals surface area contributed by atoms with Gasteiger partial charge in [0.15, 0.2) is 31.2 Å². The number of likely N-dealkylation sites (tertiary alicyclic amines) is 1. The summed E-state index contributed by atoms with van der Waals surface area (Å²) in [6.45, 7) is 20.5. The molecule has 1 aromatic heterocycles. The van der Waals surface area contributed by atoms with Gasteiger partial charge < -0.3 is 33.6 Å². The van der Waals surface area contributed by atoms with Crippen molar-refractivity contribution < 1.29 is 47.0 Å². The van der Waals surface area contributed by atoms with E-state index < -0.39 is 77.7 Å². The summed E-state index contributed by atoms with van der Waals surface area (Å²) < 4.78 is 50.6. The zero-order chi connectivity index (χ0) is 48.7. The van der Waals surface area contributed by atoms with Gasteiger partial charge in [-0.05, 0) is 99.9 Å². The smallest absolute Gasteiger partial charge is 0.414 e. The molecule has 6 atom stereocenters. The van der Waals surface area contributed by atoms with Crippen molar-refractivity contribution in [1.29, 1.82) is 0 Å². The van der Waals surface area contributed by atoms with Gasteiger partial charge >= 0.3 is 6.09 Å². The minimum atomic E-state index is -3.06. The molecule has 0 saturated carbocycles. The Morgan fingerprint density at radius 2 is 1.66 bits per heavy atom. The van der Waals surface area contributed by atoms with Gasteiger partial charge in [-0.15, -0.1) is 6.58 Å². The lowest BCUT2D eigenvalue weighted by Crippen LogP contribution is -2.65. The molecule has 0 radical (unpaired) electrons. The summed E-state index contributed by atoms with van der Waals surface area (Å²) in [7, 11) is -1.11. The van der Waals surface area contributed by atoms with Crippen molar-refractivity contribution in [3.63, 3.8) is 0 Å². The Kier molecular flexibility index (Phi) is 12.2. The van der Waals surface area contributed by atoms with Gasteiger partial charge in [0.05, 0.1) is 17.3 Å². The molecule has 13 nitrogen and oxygen atoms in total. The molecule has 68 heavy (non-hydrogen) atoms. The number of anilines is 1. The van der Waals surface area contributed by atoms with Crippen LogP contribution in [-0.4, -0.2) is 79.0 Å². The highest BCUT2D eigenvalue weighted by Crippen LogP contribution is 2.61. The molecule has 2 aliphatic heterocycles. The number of halogens is 1. The molecule has 0 bridgehead atoms. The second-order valence-corrected chi connectivity index (χ2v) is 26.3. The number of amides is 1. The first-order valence-corrected chi connectivity index (χ1v) is 26.6. The fraction of sp³-hybridized carbons (Fsp3) is 0.472. The lowest BCUT2D eigenvalue weighted by molar-refractivity contribution is -0.0319. The van der Waals surface area contributed by atoms with Crippen molar-refractivity contribution in [1.82, 2.24) is 15.4 Å². The Hall–Kier alpha value is -5.61. The normalized spacial score (nSPS) is 24.6. The van der Waals surface area contributed by atoms with Crippen LogP contribution in [0.3, 0.4) is 0 Å². The fourth-order valence-corrected chi connectivity index (χ4v) is 12.3. The van der Waals surface area contributed by atoms with Crippen LogP contribution in [0.4, 0.5) is 14.9 Å². The lowest BCUT2D eigenvalue weighted by atomic mass is 9.58. The van der Waals surface area contributed by atoms with Crippen molar-refractivity contribution in [3.05, 3.63) is 130 Å². The third-order valence-electron chi connectivity index (χ3n) is 15.0. The van der Waals surface area contributed by atoms with E-state index in [1.54, 1.807) is 26.8 Å². The third kappa shape index (κ3) is 7.88. The van der Waals surface area contributed by atoms with Gasteiger partial charge in [0.2, 0.25) is 5.78 Å². The van der Waals surface area contributed by atoms with Crippen LogP contribution in [0.2, 0.25) is 18.1 Å². The number of aromatic nitrogens is 1. The average molecular weight is 947 g/mol. The van der Waals surface area contributed by atoms with Gasteiger partial charge in [-0.1, -0.05) is 87.5 Å². The number of allylic oxidation sites excluding steroid dienone is 1. The first-order valence-electron chi connectivity index (χ1n) is 23.7. The average Bonchev–Trinajstić information content (AvgIpc) is 3.89. The zero-order valence-electron chi connectivity index (χ0n) is 40.5. The number of ether oxygens (including phenoxy) is 3. The molecule has 0 spiro atoms. The number of fused-ring (bicyclic) bond motifs is 7. The zero-order valence-corrected chi connectivity index (χ0v) is 41.5. The maximum absolute atomic E-state index is 18.2. The van der Waals surface area contributed by atoms with Crippen molar-refractivity contribution in [3.8, 4) is 11.6 Å². The van der Waals surface area contributed by atoms with Crippen molar-refractivity contribution >= 4 is 31.7 Å². The fourth-order valence-electron chi connectivity index (χ4n) is 10.8. The molecule has 1 fully saturated rings. The molecule has 2 N–H and O–H groups in total. The number of nitrogens with one attached hydrogen (secondary N) is 1. The Bertz CT molecular complexity index is 2690. The summed E-state index contributed by atoms with van der Waals surface area (Å²) in [5, 5.41) is 20.7. The van der Waals surface area contributed by atoms with E-state index in [4.69, 9.17) is 23.2 Å². The van der Waals surface area contributed by atoms with Crippen LogP contribution in [0.5, 0.6) is 11.6 Å². The number of hydrogen-bond acceptors (Lipinski definition) is 12. The highest BCUT2D eigenvalue weighted by Gasteiger charge is 2.67. The van der Waals surface area contributed by atoms with Crippen molar-refractivity contribution in [2.75, 3.05) is 31.6 Å². The van der Waals surface area contributed by atoms with Crippen LogP contribution in [0, 0.1) is 23.6 Å². The standard InChI is InChI=1S/C53H63FN4O9Si/c1-11-23-55-41-35-26-33-25-34-37(46(63-28-30-18-14-12-15-19-30)43-38(40(34)54)42-32(22-24-57(42)8)27-58(43)50(62)65-51(2,3)4)44(59)36(33)47(60)53(35,67-68(9,10)52(5,6)7)48(61)39-45(41)66-56-49(39)64-29-31-20-16-13-17-21-31/h11-21,32-33,35,41-42,55,60H,1,22-29H2,2-10H3/t32?,33-,35-,41-,42?,53-/m0/s1. The number of nitrogens with zero attached hydrogens (tertiary/aromatic N) is 3. The Balaban J connectivity index is 1.28. The first-order chi connectivity index (χ1) is 32.2. The van der Waals surface area contributed by atoms with Crippen LogP contribution < -0.4 is 19.7 Å². The third-order valence-corrected chi connectivity index (χ3v) is 19.4. The molecule has 9 rings (SSSR count). The Morgan fingerprint density at radius 1 is 1.01 bits per heavy atom. The number of ketones is 2. The summed E-state index contributed by atoms with van der Waals surface area (Å²) in [6, 6.07) is 17.6. The quantitative estimate of drug-likeness (QED) is 0.109. The Labute approximate surface area is 398 Å². The minimum absolute atomic E-state index is 0.00180. The van der Waals surface area contributed by atoms with Gasteiger partial charge in [-0.25, -0.2) is 9.18 Å². The molecule has 1 amide bonds. The number of carbonyl (C=O) groups excluding carboxylic acids is 3. The van der Waals surface area contributed by atoms with Crippen LogP contribution in [0.15, 0.2) is 89.2 Å². The van der Waals surface area contributed by atoms with E-state index in [2.05, 4.69) is 22.0 Å². The van der Waals surface area contributed by atoms with E-state index in [-0.39, 0.29) is 96.0 Å². The number of aliphatic hydroxyl groups excluding tert-OH is 1. The van der Waals surface area contributed by atoms with Gasteiger partial charge in [-0.2, -0.15) is 0 Å². The van der Waals surface area contributed by atoms with Crippen LogP contribution >= 0.6 is 0 Å². The van der Waals surface area contributed by atoms with Gasteiger partial charge in [-0.3, -0.25) is 19.4 Å². The van der Waals surface area contributed by atoms with E-state index in [0.717, 1.165) is 11.1 Å². The van der Waals surface area contributed by atoms with E-state index in [0.29, 0.717) is 13.0 Å². The topological polar surface area (TPSA) is 153 Å².